The molecular formula is C19H21ClN8O. The molecule has 2 N–H and O–H groups in total. The quantitative estimate of drug-likeness (QED) is 0.501. The Labute approximate surface area is 171 Å². The van der Waals surface area contributed by atoms with E-state index in [1.807, 2.05) is 25.8 Å². The van der Waals surface area contributed by atoms with Crippen LogP contribution in [0, 0.1) is 0 Å². The molecule has 150 valence electrons. The van der Waals surface area contributed by atoms with E-state index in [-0.39, 0.29) is 11.6 Å². The number of aromatic nitrogens is 6. The average Bonchev–Trinajstić information content (AvgIpc) is 3.20. The molecule has 1 aromatic carbocycles. The van der Waals surface area contributed by atoms with Crippen molar-refractivity contribution in [3.8, 4) is 0 Å². The molecule has 0 saturated carbocycles. The van der Waals surface area contributed by atoms with Gasteiger partial charge in [0.15, 0.2) is 17.3 Å². The molecule has 0 spiro atoms. The first-order valence-electron chi connectivity index (χ1n) is 9.42. The van der Waals surface area contributed by atoms with E-state index in [4.69, 9.17) is 16.6 Å². The molecular weight excluding hydrogens is 392 g/mol. The largest absolute Gasteiger partial charge is 0.358 e. The Morgan fingerprint density at radius 2 is 2.03 bits per heavy atom. The number of halogens is 1. The Morgan fingerprint density at radius 3 is 2.79 bits per heavy atom. The van der Waals surface area contributed by atoms with Crippen LogP contribution >= 0.6 is 11.6 Å². The van der Waals surface area contributed by atoms with Gasteiger partial charge in [0, 0.05) is 13.1 Å². The van der Waals surface area contributed by atoms with Gasteiger partial charge in [-0.15, -0.1) is 0 Å². The number of hydrogen-bond donors (Lipinski definition) is 2. The Balaban J connectivity index is 1.88. The second-order valence-corrected chi connectivity index (χ2v) is 6.96. The molecule has 1 unspecified atom stereocenters. The van der Waals surface area contributed by atoms with Crippen LogP contribution in [0.3, 0.4) is 0 Å². The summed E-state index contributed by atoms with van der Waals surface area (Å²) in [5.41, 5.74) is 1.63. The molecule has 0 amide bonds. The molecule has 0 bridgehead atoms. The maximum Gasteiger partial charge on any atom is 0.281 e. The van der Waals surface area contributed by atoms with Crippen molar-refractivity contribution in [1.29, 1.82) is 0 Å². The molecule has 29 heavy (non-hydrogen) atoms. The minimum atomic E-state index is -0.326. The monoisotopic (exact) mass is 412 g/mol. The van der Waals surface area contributed by atoms with Gasteiger partial charge in [-0.3, -0.25) is 4.79 Å². The van der Waals surface area contributed by atoms with E-state index in [1.165, 1.54) is 6.33 Å². The van der Waals surface area contributed by atoms with E-state index in [0.717, 1.165) is 0 Å². The van der Waals surface area contributed by atoms with E-state index in [1.54, 1.807) is 29.2 Å². The van der Waals surface area contributed by atoms with E-state index >= 15 is 0 Å². The molecule has 0 saturated heterocycles. The van der Waals surface area contributed by atoms with Gasteiger partial charge in [-0.1, -0.05) is 17.7 Å². The summed E-state index contributed by atoms with van der Waals surface area (Å²) in [5.74, 6) is 1.16. The lowest BCUT2D eigenvalue weighted by Gasteiger charge is -2.28. The fourth-order valence-corrected chi connectivity index (χ4v) is 3.65. The Hall–Kier alpha value is -3.20. The van der Waals surface area contributed by atoms with Crippen molar-refractivity contribution < 1.29 is 0 Å². The van der Waals surface area contributed by atoms with Gasteiger partial charge in [0.25, 0.3) is 5.56 Å². The number of anilines is 1. The lowest BCUT2D eigenvalue weighted by molar-refractivity contribution is 0.547. The van der Waals surface area contributed by atoms with Gasteiger partial charge in [-0.2, -0.15) is 0 Å². The van der Waals surface area contributed by atoms with Gasteiger partial charge in [-0.05, 0) is 32.9 Å². The predicted molar refractivity (Wildman–Crippen MR) is 114 cm³/mol. The molecule has 0 radical (unpaired) electrons. The zero-order valence-electron chi connectivity index (χ0n) is 16.3. The molecule has 3 heterocycles. The Kier molecular flexibility index (Phi) is 5.06. The first-order chi connectivity index (χ1) is 14.0. The zero-order chi connectivity index (χ0) is 20.5. The highest BCUT2D eigenvalue weighted by Gasteiger charge is 2.22. The highest BCUT2D eigenvalue weighted by molar-refractivity contribution is 6.35. The molecule has 3 aromatic heterocycles. The van der Waals surface area contributed by atoms with Crippen LogP contribution < -0.4 is 15.9 Å². The molecule has 0 aliphatic carbocycles. The number of hydrogen-bond acceptors (Lipinski definition) is 7. The fraction of sp³-hybridized carbons (Fsp3) is 0.316. The van der Waals surface area contributed by atoms with Crippen LogP contribution in [0.5, 0.6) is 0 Å². The highest BCUT2D eigenvalue weighted by atomic mass is 35.5. The molecule has 0 aliphatic heterocycles. The number of rotatable bonds is 6. The van der Waals surface area contributed by atoms with Crippen molar-refractivity contribution in [2.24, 2.45) is 0 Å². The third-order valence-electron chi connectivity index (χ3n) is 4.83. The number of fused-ring (bicyclic) bond motifs is 2. The number of benzene rings is 1. The van der Waals surface area contributed by atoms with Crippen molar-refractivity contribution in [3.63, 3.8) is 0 Å². The maximum atomic E-state index is 13.4. The number of imidazole rings is 1. The first-order valence-corrected chi connectivity index (χ1v) is 9.79. The van der Waals surface area contributed by atoms with Crippen molar-refractivity contribution in [1.82, 2.24) is 29.6 Å². The second kappa shape index (κ2) is 7.67. The van der Waals surface area contributed by atoms with Gasteiger partial charge in [0.2, 0.25) is 0 Å². The minimum absolute atomic E-state index is 0.192. The molecule has 4 rings (SSSR count). The molecule has 10 heteroatoms. The van der Waals surface area contributed by atoms with Crippen molar-refractivity contribution >= 4 is 39.5 Å². The summed E-state index contributed by atoms with van der Waals surface area (Å²) in [7, 11) is 0. The van der Waals surface area contributed by atoms with E-state index in [9.17, 15) is 4.79 Å². The van der Waals surface area contributed by atoms with Gasteiger partial charge in [0.05, 0.1) is 28.3 Å². The maximum absolute atomic E-state index is 13.4. The summed E-state index contributed by atoms with van der Waals surface area (Å²) in [6, 6.07) is 4.97. The highest BCUT2D eigenvalue weighted by Crippen LogP contribution is 2.24. The SMILES string of the molecule is CCN(CC)n1c(C(C)Nc2ncnc3nc[nH]c23)nc2cccc(Cl)c2c1=O. The number of nitrogens with one attached hydrogen (secondary N) is 2. The lowest BCUT2D eigenvalue weighted by atomic mass is 10.2. The summed E-state index contributed by atoms with van der Waals surface area (Å²) < 4.78 is 1.61. The molecule has 0 fully saturated rings. The van der Waals surface area contributed by atoms with Crippen LogP contribution in [0.2, 0.25) is 5.02 Å². The van der Waals surface area contributed by atoms with Gasteiger partial charge < -0.3 is 15.3 Å². The van der Waals surface area contributed by atoms with Gasteiger partial charge in [0.1, 0.15) is 11.8 Å². The second-order valence-electron chi connectivity index (χ2n) is 6.55. The van der Waals surface area contributed by atoms with Crippen LogP contribution in [0.1, 0.15) is 32.6 Å². The summed E-state index contributed by atoms with van der Waals surface area (Å²) in [6.45, 7) is 7.21. The first kappa shape index (κ1) is 19.1. The summed E-state index contributed by atoms with van der Waals surface area (Å²) in [4.78, 5) is 33.8. The Morgan fingerprint density at radius 1 is 1.24 bits per heavy atom. The van der Waals surface area contributed by atoms with Crippen LogP contribution in [-0.4, -0.2) is 42.7 Å². The van der Waals surface area contributed by atoms with Crippen molar-refractivity contribution in [2.45, 2.75) is 26.8 Å². The number of aromatic amines is 1. The normalized spacial score (nSPS) is 12.4. The summed E-state index contributed by atoms with van der Waals surface area (Å²) >= 11 is 6.32. The zero-order valence-corrected chi connectivity index (χ0v) is 17.1. The standard InChI is InChI=1S/C19H21ClN8O/c1-4-27(5-2)28-18(26-13-8-6-7-12(20)14(13)19(28)29)11(3)25-17-15-16(22-9-21-15)23-10-24-17/h6-11H,4-5H2,1-3H3,(H2,21,22,23,24,25). The molecule has 1 atom stereocenters. The summed E-state index contributed by atoms with van der Waals surface area (Å²) in [5, 5.41) is 6.06. The van der Waals surface area contributed by atoms with E-state index in [0.29, 0.717) is 51.8 Å². The molecule has 0 aliphatic rings. The number of H-pyrrole nitrogens is 1. The van der Waals surface area contributed by atoms with Crippen molar-refractivity contribution in [2.75, 3.05) is 23.4 Å². The third-order valence-corrected chi connectivity index (χ3v) is 5.14. The van der Waals surface area contributed by atoms with Crippen molar-refractivity contribution in [3.05, 3.63) is 52.1 Å². The predicted octanol–water partition coefficient (Wildman–Crippen LogP) is 2.87. The van der Waals surface area contributed by atoms with Crippen LogP contribution in [0.15, 0.2) is 35.6 Å². The van der Waals surface area contributed by atoms with E-state index < -0.39 is 0 Å². The lowest BCUT2D eigenvalue weighted by Crippen LogP contribution is -2.45. The van der Waals surface area contributed by atoms with Gasteiger partial charge in [-0.25, -0.2) is 24.6 Å². The Bertz CT molecular complexity index is 1230. The minimum Gasteiger partial charge on any atom is -0.358 e. The van der Waals surface area contributed by atoms with E-state index in [2.05, 4.69) is 25.3 Å². The smallest absolute Gasteiger partial charge is 0.281 e. The average molecular weight is 413 g/mol. The topological polar surface area (TPSA) is 105 Å². The summed E-state index contributed by atoms with van der Waals surface area (Å²) in [6.07, 6.45) is 3.01. The van der Waals surface area contributed by atoms with Crippen LogP contribution in [0.25, 0.3) is 22.1 Å². The molecule has 9 nitrogen and oxygen atoms in total. The van der Waals surface area contributed by atoms with Crippen LogP contribution in [-0.2, 0) is 0 Å². The van der Waals surface area contributed by atoms with Crippen LogP contribution in [0.4, 0.5) is 5.82 Å². The van der Waals surface area contributed by atoms with Gasteiger partial charge >= 0.3 is 0 Å². The number of nitrogens with zero attached hydrogens (tertiary/aromatic N) is 6. The third kappa shape index (κ3) is 3.27. The molecule has 4 aromatic rings. The fourth-order valence-electron chi connectivity index (χ4n) is 3.40.